The lowest BCUT2D eigenvalue weighted by Crippen LogP contribution is -2.27. The predicted octanol–water partition coefficient (Wildman–Crippen LogP) is 4.68. The highest BCUT2D eigenvalue weighted by Crippen LogP contribution is 2.29. The summed E-state index contributed by atoms with van der Waals surface area (Å²) in [5.41, 5.74) is 2.05. The Balaban J connectivity index is 2.21. The van der Waals surface area contributed by atoms with Crippen LogP contribution in [-0.4, -0.2) is 17.7 Å². The van der Waals surface area contributed by atoms with Crippen LogP contribution in [0.3, 0.4) is 0 Å². The van der Waals surface area contributed by atoms with Crippen molar-refractivity contribution in [2.45, 2.75) is 26.3 Å². The van der Waals surface area contributed by atoms with Gasteiger partial charge in [-0.2, -0.15) is 0 Å². The van der Waals surface area contributed by atoms with E-state index in [0.29, 0.717) is 34.0 Å². The lowest BCUT2D eigenvalue weighted by atomic mass is 9.99. The Bertz CT molecular complexity index is 817. The van der Waals surface area contributed by atoms with Gasteiger partial charge in [-0.3, -0.25) is 9.79 Å². The minimum Gasteiger partial charge on any atom is -0.324 e. The third-order valence-corrected chi connectivity index (χ3v) is 4.14. The molecule has 1 amide bonds. The van der Waals surface area contributed by atoms with Crippen molar-refractivity contribution >= 4 is 28.9 Å². The van der Waals surface area contributed by atoms with Gasteiger partial charge < -0.3 is 5.32 Å². The molecule has 0 spiro atoms. The number of benzene rings is 2. The first-order valence-electron chi connectivity index (χ1n) is 7.89. The Morgan fingerprint density at radius 2 is 1.96 bits per heavy atom. The van der Waals surface area contributed by atoms with Gasteiger partial charge in [-0.1, -0.05) is 37.6 Å². The van der Waals surface area contributed by atoms with E-state index in [9.17, 15) is 9.18 Å². The molecule has 1 aliphatic rings. The first-order valence-corrected chi connectivity index (χ1v) is 8.27. The molecular weight excluding hydrogens is 327 g/mol. The molecule has 24 heavy (non-hydrogen) atoms. The molecular formula is C19H18ClFN2O. The van der Waals surface area contributed by atoms with E-state index in [1.54, 1.807) is 36.4 Å². The Labute approximate surface area is 145 Å². The number of benzodiazepines with no additional fused rings is 1. The standard InChI is InChI=1S/C19H18ClFN2O/c1-11(2)9-17-19(24)23-16-8-7-12(20)10-14(16)18(22-17)13-5-3-4-6-15(13)21/h3-8,10-11,17H,9H2,1-2H3,(H,23,24). The Hall–Kier alpha value is -2.20. The van der Waals surface area contributed by atoms with Gasteiger partial charge in [0.25, 0.3) is 0 Å². The lowest BCUT2D eigenvalue weighted by Gasteiger charge is -2.13. The molecule has 3 nitrogen and oxygen atoms in total. The zero-order chi connectivity index (χ0) is 17.3. The van der Waals surface area contributed by atoms with Crippen LogP contribution >= 0.6 is 11.6 Å². The van der Waals surface area contributed by atoms with Crippen molar-refractivity contribution in [3.05, 3.63) is 64.4 Å². The number of nitrogens with one attached hydrogen (secondary N) is 1. The second-order valence-electron chi connectivity index (χ2n) is 6.28. The van der Waals surface area contributed by atoms with Gasteiger partial charge in [0.05, 0.1) is 11.4 Å². The molecule has 0 saturated heterocycles. The molecule has 1 N–H and O–H groups in total. The smallest absolute Gasteiger partial charge is 0.249 e. The van der Waals surface area contributed by atoms with Gasteiger partial charge in [0.1, 0.15) is 11.9 Å². The van der Waals surface area contributed by atoms with Crippen LogP contribution in [0.1, 0.15) is 31.4 Å². The van der Waals surface area contributed by atoms with Gasteiger partial charge >= 0.3 is 0 Å². The first-order chi connectivity index (χ1) is 11.5. The van der Waals surface area contributed by atoms with Crippen molar-refractivity contribution in [2.24, 2.45) is 10.9 Å². The van der Waals surface area contributed by atoms with E-state index in [-0.39, 0.29) is 17.6 Å². The Morgan fingerprint density at radius 1 is 1.21 bits per heavy atom. The van der Waals surface area contributed by atoms with Crippen LogP contribution in [0.15, 0.2) is 47.5 Å². The number of anilines is 1. The predicted molar refractivity (Wildman–Crippen MR) is 95.4 cm³/mol. The number of halogens is 2. The summed E-state index contributed by atoms with van der Waals surface area (Å²) in [5.74, 6) is -0.269. The maximum atomic E-state index is 14.4. The fourth-order valence-electron chi connectivity index (χ4n) is 2.80. The van der Waals surface area contributed by atoms with Crippen LogP contribution in [0.5, 0.6) is 0 Å². The van der Waals surface area contributed by atoms with E-state index in [0.717, 1.165) is 0 Å². The van der Waals surface area contributed by atoms with E-state index in [1.165, 1.54) is 6.07 Å². The van der Waals surface area contributed by atoms with E-state index in [4.69, 9.17) is 11.6 Å². The van der Waals surface area contributed by atoms with Crippen LogP contribution in [-0.2, 0) is 4.79 Å². The summed E-state index contributed by atoms with van der Waals surface area (Å²) in [7, 11) is 0. The van der Waals surface area contributed by atoms with Gasteiger partial charge in [-0.25, -0.2) is 4.39 Å². The molecule has 3 rings (SSSR count). The van der Waals surface area contributed by atoms with Crippen molar-refractivity contribution < 1.29 is 9.18 Å². The molecule has 1 heterocycles. The molecule has 0 aromatic heterocycles. The molecule has 0 saturated carbocycles. The number of amides is 1. The largest absolute Gasteiger partial charge is 0.324 e. The summed E-state index contributed by atoms with van der Waals surface area (Å²) in [6.45, 7) is 4.06. The molecule has 1 unspecified atom stereocenters. The molecule has 5 heteroatoms. The number of hydrogen-bond acceptors (Lipinski definition) is 2. The summed E-state index contributed by atoms with van der Waals surface area (Å²) in [6.07, 6.45) is 0.589. The monoisotopic (exact) mass is 344 g/mol. The molecule has 0 radical (unpaired) electrons. The molecule has 1 aliphatic heterocycles. The SMILES string of the molecule is CC(C)CC1N=C(c2ccccc2F)c2cc(Cl)ccc2NC1=O. The topological polar surface area (TPSA) is 41.5 Å². The summed E-state index contributed by atoms with van der Waals surface area (Å²) in [6, 6.07) is 11.0. The zero-order valence-electron chi connectivity index (χ0n) is 13.5. The molecule has 1 atom stereocenters. The van der Waals surface area contributed by atoms with Crippen LogP contribution in [0.2, 0.25) is 5.02 Å². The molecule has 0 bridgehead atoms. The maximum absolute atomic E-state index is 14.4. The van der Waals surface area contributed by atoms with Crippen LogP contribution in [0.4, 0.5) is 10.1 Å². The van der Waals surface area contributed by atoms with Gasteiger partial charge in [0, 0.05) is 16.1 Å². The lowest BCUT2D eigenvalue weighted by molar-refractivity contribution is -0.117. The Kier molecular flexibility index (Phi) is 4.67. The average Bonchev–Trinajstić information content (AvgIpc) is 2.65. The first kappa shape index (κ1) is 16.7. The third kappa shape index (κ3) is 3.34. The van der Waals surface area contributed by atoms with Gasteiger partial charge in [0.15, 0.2) is 0 Å². The molecule has 0 aliphatic carbocycles. The number of fused-ring (bicyclic) bond motifs is 1. The van der Waals surface area contributed by atoms with E-state index in [2.05, 4.69) is 10.3 Å². The molecule has 0 fully saturated rings. The normalized spacial score (nSPS) is 17.1. The minimum absolute atomic E-state index is 0.182. The summed E-state index contributed by atoms with van der Waals surface area (Å²) >= 11 is 6.12. The van der Waals surface area contributed by atoms with Gasteiger partial charge in [-0.05, 0) is 42.7 Å². The van der Waals surface area contributed by atoms with Gasteiger partial charge in [-0.15, -0.1) is 0 Å². The van der Waals surface area contributed by atoms with Crippen LogP contribution in [0, 0.1) is 11.7 Å². The summed E-state index contributed by atoms with van der Waals surface area (Å²) in [4.78, 5) is 17.1. The number of carbonyl (C=O) groups excluding carboxylic acids is 1. The second-order valence-corrected chi connectivity index (χ2v) is 6.72. The number of carbonyl (C=O) groups is 1. The highest BCUT2D eigenvalue weighted by Gasteiger charge is 2.27. The molecule has 2 aromatic rings. The highest BCUT2D eigenvalue weighted by molar-refractivity contribution is 6.32. The van der Waals surface area contributed by atoms with Gasteiger partial charge in [0.2, 0.25) is 5.91 Å². The summed E-state index contributed by atoms with van der Waals surface area (Å²) < 4.78 is 14.4. The van der Waals surface area contributed by atoms with Crippen molar-refractivity contribution in [3.63, 3.8) is 0 Å². The fourth-order valence-corrected chi connectivity index (χ4v) is 2.97. The number of aliphatic imine (C=N–C) groups is 1. The quantitative estimate of drug-likeness (QED) is 0.862. The van der Waals surface area contributed by atoms with E-state index in [1.807, 2.05) is 13.8 Å². The van der Waals surface area contributed by atoms with Crippen LogP contribution in [0.25, 0.3) is 0 Å². The molecule has 124 valence electrons. The highest BCUT2D eigenvalue weighted by atomic mass is 35.5. The Morgan fingerprint density at radius 3 is 2.67 bits per heavy atom. The van der Waals surface area contributed by atoms with Crippen molar-refractivity contribution in [3.8, 4) is 0 Å². The zero-order valence-corrected chi connectivity index (χ0v) is 14.3. The van der Waals surface area contributed by atoms with Crippen molar-refractivity contribution in [1.29, 1.82) is 0 Å². The summed E-state index contributed by atoms with van der Waals surface area (Å²) in [5, 5.41) is 3.40. The minimum atomic E-state index is -0.564. The average molecular weight is 345 g/mol. The van der Waals surface area contributed by atoms with Crippen molar-refractivity contribution in [1.82, 2.24) is 0 Å². The number of rotatable bonds is 3. The molecule has 2 aromatic carbocycles. The number of hydrogen-bond donors (Lipinski definition) is 1. The van der Waals surface area contributed by atoms with E-state index >= 15 is 0 Å². The van der Waals surface area contributed by atoms with Crippen LogP contribution < -0.4 is 5.32 Å². The van der Waals surface area contributed by atoms with Crippen molar-refractivity contribution in [2.75, 3.05) is 5.32 Å². The fraction of sp³-hybridized carbons (Fsp3) is 0.263. The second kappa shape index (κ2) is 6.73. The number of nitrogens with zero attached hydrogens (tertiary/aromatic N) is 1. The van der Waals surface area contributed by atoms with E-state index < -0.39 is 6.04 Å². The maximum Gasteiger partial charge on any atom is 0.249 e. The third-order valence-electron chi connectivity index (χ3n) is 3.91.